The van der Waals surface area contributed by atoms with Crippen LogP contribution in [0.1, 0.15) is 35.1 Å². The minimum atomic E-state index is -0.0877. The van der Waals surface area contributed by atoms with Gasteiger partial charge in [-0.15, -0.1) is 0 Å². The van der Waals surface area contributed by atoms with Crippen molar-refractivity contribution in [2.75, 3.05) is 11.9 Å². The van der Waals surface area contributed by atoms with E-state index in [1.54, 1.807) is 6.26 Å². The van der Waals surface area contributed by atoms with Gasteiger partial charge < -0.3 is 14.6 Å². The zero-order valence-corrected chi connectivity index (χ0v) is 16.2. The number of furan rings is 1. The predicted octanol–water partition coefficient (Wildman–Crippen LogP) is 4.35. The summed E-state index contributed by atoms with van der Waals surface area (Å²) < 4.78 is 5.70. The standard InChI is InChI=1S/C23H24N2O3/c1-15-8-9-20-18(14-28-23(20)16(15)2)12-21(26)24-19-6-3-5-17(11-19)13-25-10-4-7-22(25)27/h3,5-6,8-9,11,14H,4,7,10,12-13H2,1-2H3,(H,24,26). The number of rotatable bonds is 5. The number of hydrogen-bond donors (Lipinski definition) is 1. The van der Waals surface area contributed by atoms with Gasteiger partial charge in [0.1, 0.15) is 5.58 Å². The van der Waals surface area contributed by atoms with Crippen LogP contribution in [0.3, 0.4) is 0 Å². The van der Waals surface area contributed by atoms with Gasteiger partial charge >= 0.3 is 0 Å². The monoisotopic (exact) mass is 376 g/mol. The first kappa shape index (κ1) is 18.3. The van der Waals surface area contributed by atoms with Crippen molar-refractivity contribution in [3.8, 4) is 0 Å². The van der Waals surface area contributed by atoms with Crippen LogP contribution in [0.2, 0.25) is 0 Å². The maximum Gasteiger partial charge on any atom is 0.228 e. The van der Waals surface area contributed by atoms with Gasteiger partial charge in [-0.1, -0.05) is 24.3 Å². The van der Waals surface area contributed by atoms with Crippen molar-refractivity contribution in [3.63, 3.8) is 0 Å². The Kier molecular flexibility index (Phi) is 4.90. The van der Waals surface area contributed by atoms with Gasteiger partial charge in [0.05, 0.1) is 12.7 Å². The largest absolute Gasteiger partial charge is 0.464 e. The fraction of sp³-hybridized carbons (Fsp3) is 0.304. The molecule has 1 aliphatic heterocycles. The SMILES string of the molecule is Cc1ccc2c(CC(=O)Nc3cccc(CN4CCCC4=O)c3)coc2c1C. The highest BCUT2D eigenvalue weighted by Gasteiger charge is 2.20. The van der Waals surface area contributed by atoms with Crippen molar-refractivity contribution in [2.45, 2.75) is 39.7 Å². The number of amides is 2. The molecule has 0 aliphatic carbocycles. The van der Waals surface area contributed by atoms with Crippen LogP contribution in [-0.2, 0) is 22.6 Å². The van der Waals surface area contributed by atoms with Gasteiger partial charge in [-0.25, -0.2) is 0 Å². The third-order valence-electron chi connectivity index (χ3n) is 5.45. The Morgan fingerprint density at radius 3 is 2.86 bits per heavy atom. The average Bonchev–Trinajstić information content (AvgIpc) is 3.25. The quantitative estimate of drug-likeness (QED) is 0.720. The molecule has 3 aromatic rings. The molecule has 1 N–H and O–H groups in total. The van der Waals surface area contributed by atoms with E-state index in [9.17, 15) is 9.59 Å². The van der Waals surface area contributed by atoms with Crippen molar-refractivity contribution in [1.82, 2.24) is 4.90 Å². The highest BCUT2D eigenvalue weighted by molar-refractivity contribution is 5.96. The lowest BCUT2D eigenvalue weighted by molar-refractivity contribution is -0.128. The Morgan fingerprint density at radius 2 is 2.07 bits per heavy atom. The molecule has 0 saturated carbocycles. The third kappa shape index (κ3) is 3.65. The number of carbonyl (C=O) groups is 2. The van der Waals surface area contributed by atoms with Crippen LogP contribution in [0, 0.1) is 13.8 Å². The molecule has 2 amide bonds. The molecule has 0 bridgehead atoms. The maximum absolute atomic E-state index is 12.6. The Balaban J connectivity index is 1.45. The molecule has 1 aromatic heterocycles. The van der Waals surface area contributed by atoms with Gasteiger partial charge in [0.15, 0.2) is 0 Å². The summed E-state index contributed by atoms with van der Waals surface area (Å²) in [7, 11) is 0. The first-order valence-corrected chi connectivity index (χ1v) is 9.64. The molecule has 5 heteroatoms. The van der Waals surface area contributed by atoms with E-state index < -0.39 is 0 Å². The van der Waals surface area contributed by atoms with Crippen LogP contribution in [0.4, 0.5) is 5.69 Å². The summed E-state index contributed by atoms with van der Waals surface area (Å²) >= 11 is 0. The first-order chi connectivity index (χ1) is 13.5. The van der Waals surface area contributed by atoms with Crippen LogP contribution in [0.25, 0.3) is 11.0 Å². The number of hydrogen-bond acceptors (Lipinski definition) is 3. The highest BCUT2D eigenvalue weighted by Crippen LogP contribution is 2.27. The van der Waals surface area contributed by atoms with E-state index in [4.69, 9.17) is 4.42 Å². The van der Waals surface area contributed by atoms with E-state index in [0.717, 1.165) is 46.3 Å². The van der Waals surface area contributed by atoms with Crippen LogP contribution in [0.15, 0.2) is 47.1 Å². The lowest BCUT2D eigenvalue weighted by Crippen LogP contribution is -2.23. The summed E-state index contributed by atoms with van der Waals surface area (Å²) in [5, 5.41) is 3.95. The summed E-state index contributed by atoms with van der Waals surface area (Å²) in [5.41, 5.74) is 5.77. The second-order valence-corrected chi connectivity index (χ2v) is 7.49. The predicted molar refractivity (Wildman–Crippen MR) is 109 cm³/mol. The topological polar surface area (TPSA) is 62.6 Å². The van der Waals surface area contributed by atoms with Crippen LogP contribution < -0.4 is 5.32 Å². The molecule has 5 nitrogen and oxygen atoms in total. The van der Waals surface area contributed by atoms with E-state index in [1.807, 2.05) is 49.1 Å². The molecule has 1 aliphatic rings. The zero-order chi connectivity index (χ0) is 19.7. The lowest BCUT2D eigenvalue weighted by Gasteiger charge is -2.16. The molecule has 0 radical (unpaired) electrons. The van der Waals surface area contributed by atoms with Crippen LogP contribution in [-0.4, -0.2) is 23.3 Å². The van der Waals surface area contributed by atoms with Crippen LogP contribution in [0.5, 0.6) is 0 Å². The number of nitrogens with one attached hydrogen (secondary N) is 1. The average molecular weight is 376 g/mol. The number of aryl methyl sites for hydroxylation is 2. The normalized spacial score (nSPS) is 14.1. The van der Waals surface area contributed by atoms with E-state index in [0.29, 0.717) is 13.0 Å². The molecule has 1 fully saturated rings. The highest BCUT2D eigenvalue weighted by atomic mass is 16.3. The molecule has 0 unspecified atom stereocenters. The number of likely N-dealkylation sites (tertiary alicyclic amines) is 1. The maximum atomic E-state index is 12.6. The Bertz CT molecular complexity index is 1050. The number of anilines is 1. The van der Waals surface area contributed by atoms with Gasteiger partial charge in [0, 0.05) is 36.1 Å². The Labute approximate surface area is 164 Å². The van der Waals surface area contributed by atoms with Gasteiger partial charge in [-0.2, -0.15) is 0 Å². The molecule has 2 aromatic carbocycles. The third-order valence-corrected chi connectivity index (χ3v) is 5.45. The summed E-state index contributed by atoms with van der Waals surface area (Å²) in [4.78, 5) is 26.2. The number of fused-ring (bicyclic) bond motifs is 1. The summed E-state index contributed by atoms with van der Waals surface area (Å²) in [6.45, 7) is 5.48. The van der Waals surface area contributed by atoms with Crippen molar-refractivity contribution >= 4 is 28.5 Å². The van der Waals surface area contributed by atoms with Gasteiger partial charge in [-0.05, 0) is 49.1 Å². The Hall–Kier alpha value is -3.08. The fourth-order valence-corrected chi connectivity index (χ4v) is 3.74. The van der Waals surface area contributed by atoms with E-state index in [-0.39, 0.29) is 18.2 Å². The number of benzene rings is 2. The first-order valence-electron chi connectivity index (χ1n) is 9.64. The molecule has 2 heterocycles. The van der Waals surface area contributed by atoms with Gasteiger partial charge in [0.2, 0.25) is 11.8 Å². The molecule has 28 heavy (non-hydrogen) atoms. The van der Waals surface area contributed by atoms with Crippen molar-refractivity contribution in [3.05, 3.63) is 64.9 Å². The van der Waals surface area contributed by atoms with Gasteiger partial charge in [-0.3, -0.25) is 9.59 Å². The second-order valence-electron chi connectivity index (χ2n) is 7.49. The summed E-state index contributed by atoms with van der Waals surface area (Å²) in [6.07, 6.45) is 3.48. The molecular weight excluding hydrogens is 352 g/mol. The van der Waals surface area contributed by atoms with E-state index in [2.05, 4.69) is 11.4 Å². The van der Waals surface area contributed by atoms with Gasteiger partial charge in [0.25, 0.3) is 0 Å². The van der Waals surface area contributed by atoms with E-state index >= 15 is 0 Å². The molecule has 1 saturated heterocycles. The number of nitrogens with zero attached hydrogens (tertiary/aromatic N) is 1. The van der Waals surface area contributed by atoms with E-state index in [1.165, 1.54) is 5.56 Å². The molecule has 144 valence electrons. The summed E-state index contributed by atoms with van der Waals surface area (Å²) in [6, 6.07) is 11.8. The minimum absolute atomic E-state index is 0.0877. The minimum Gasteiger partial charge on any atom is -0.464 e. The lowest BCUT2D eigenvalue weighted by atomic mass is 10.0. The van der Waals surface area contributed by atoms with Crippen molar-refractivity contribution in [1.29, 1.82) is 0 Å². The van der Waals surface area contributed by atoms with Crippen LogP contribution >= 0.6 is 0 Å². The smallest absolute Gasteiger partial charge is 0.228 e. The zero-order valence-electron chi connectivity index (χ0n) is 16.2. The second kappa shape index (κ2) is 7.50. The fourth-order valence-electron chi connectivity index (χ4n) is 3.74. The molecular formula is C23H24N2O3. The van der Waals surface area contributed by atoms with Crippen molar-refractivity contribution < 1.29 is 14.0 Å². The Morgan fingerprint density at radius 1 is 1.21 bits per heavy atom. The molecule has 4 rings (SSSR count). The number of carbonyl (C=O) groups excluding carboxylic acids is 2. The summed E-state index contributed by atoms with van der Waals surface area (Å²) in [5.74, 6) is 0.113. The molecule has 0 spiro atoms. The van der Waals surface area contributed by atoms with Crippen molar-refractivity contribution in [2.24, 2.45) is 0 Å². The molecule has 0 atom stereocenters.